The van der Waals surface area contributed by atoms with Gasteiger partial charge in [-0.05, 0) is 48.4 Å². The van der Waals surface area contributed by atoms with Crippen molar-refractivity contribution in [2.24, 2.45) is 0 Å². The standard InChI is InChI=1S/C23H23FN2O2/c1-2-3-16-26(20-8-5-4-6-9-20)23(28)21-10-7-15-25(22(21)27)17-18-11-13-19(24)14-12-18/h4-15H,2-3,16-17H2,1H3. The zero-order chi connectivity index (χ0) is 19.9. The first-order valence-corrected chi connectivity index (χ1v) is 9.41. The molecule has 1 amide bonds. The van der Waals surface area contributed by atoms with Crippen LogP contribution in [0.2, 0.25) is 0 Å². The smallest absolute Gasteiger partial charge is 0.263 e. The summed E-state index contributed by atoms with van der Waals surface area (Å²) in [5.74, 6) is -0.632. The summed E-state index contributed by atoms with van der Waals surface area (Å²) in [5, 5.41) is 0. The van der Waals surface area contributed by atoms with Crippen molar-refractivity contribution in [3.8, 4) is 0 Å². The Balaban J connectivity index is 1.91. The number of halogens is 1. The summed E-state index contributed by atoms with van der Waals surface area (Å²) in [6.45, 7) is 2.89. The molecule has 0 N–H and O–H groups in total. The molecule has 0 radical (unpaired) electrons. The molecule has 144 valence electrons. The lowest BCUT2D eigenvalue weighted by atomic mass is 10.1. The molecule has 4 nitrogen and oxygen atoms in total. The third-order valence-corrected chi connectivity index (χ3v) is 4.57. The van der Waals surface area contributed by atoms with E-state index in [2.05, 4.69) is 6.92 Å². The highest BCUT2D eigenvalue weighted by Gasteiger charge is 2.20. The lowest BCUT2D eigenvalue weighted by Gasteiger charge is -2.23. The van der Waals surface area contributed by atoms with E-state index >= 15 is 0 Å². The van der Waals surface area contributed by atoms with Crippen LogP contribution < -0.4 is 10.5 Å². The molecule has 0 spiro atoms. The monoisotopic (exact) mass is 378 g/mol. The van der Waals surface area contributed by atoms with Gasteiger partial charge in [-0.15, -0.1) is 0 Å². The maximum absolute atomic E-state index is 13.2. The van der Waals surface area contributed by atoms with Gasteiger partial charge in [0.2, 0.25) is 0 Å². The van der Waals surface area contributed by atoms with E-state index in [9.17, 15) is 14.0 Å². The lowest BCUT2D eigenvalue weighted by molar-refractivity contribution is 0.0984. The minimum Gasteiger partial charge on any atom is -0.310 e. The fraction of sp³-hybridized carbons (Fsp3) is 0.217. The predicted molar refractivity (Wildman–Crippen MR) is 109 cm³/mol. The Morgan fingerprint density at radius 2 is 1.71 bits per heavy atom. The van der Waals surface area contributed by atoms with Crippen molar-refractivity contribution >= 4 is 11.6 Å². The van der Waals surface area contributed by atoms with Crippen LogP contribution in [0.4, 0.5) is 10.1 Å². The number of hydrogen-bond donors (Lipinski definition) is 0. The summed E-state index contributed by atoms with van der Waals surface area (Å²) in [7, 11) is 0. The van der Waals surface area contributed by atoms with Crippen molar-refractivity contribution in [1.82, 2.24) is 4.57 Å². The molecule has 5 heteroatoms. The van der Waals surface area contributed by atoms with E-state index in [0.29, 0.717) is 6.54 Å². The van der Waals surface area contributed by atoms with E-state index in [-0.39, 0.29) is 29.4 Å². The molecule has 28 heavy (non-hydrogen) atoms. The molecule has 0 saturated heterocycles. The number of para-hydroxylation sites is 1. The van der Waals surface area contributed by atoms with E-state index in [1.807, 2.05) is 30.3 Å². The number of carbonyl (C=O) groups excluding carboxylic acids is 1. The van der Waals surface area contributed by atoms with Gasteiger partial charge in [0, 0.05) is 18.4 Å². The molecule has 0 aliphatic rings. The topological polar surface area (TPSA) is 42.3 Å². The number of nitrogens with zero attached hydrogens (tertiary/aromatic N) is 2. The number of benzene rings is 2. The van der Waals surface area contributed by atoms with Crippen LogP contribution in [0.5, 0.6) is 0 Å². The highest BCUT2D eigenvalue weighted by atomic mass is 19.1. The minimum absolute atomic E-state index is 0.129. The number of pyridine rings is 1. The zero-order valence-corrected chi connectivity index (χ0v) is 15.8. The van der Waals surface area contributed by atoms with Crippen molar-refractivity contribution in [2.45, 2.75) is 26.3 Å². The quantitative estimate of drug-likeness (QED) is 0.608. The number of aromatic nitrogens is 1. The van der Waals surface area contributed by atoms with Crippen LogP contribution >= 0.6 is 0 Å². The van der Waals surface area contributed by atoms with Gasteiger partial charge in [-0.25, -0.2) is 4.39 Å². The molecule has 0 fully saturated rings. The van der Waals surface area contributed by atoms with E-state index in [1.54, 1.807) is 35.4 Å². The Hall–Kier alpha value is -3.21. The third kappa shape index (κ3) is 4.55. The van der Waals surface area contributed by atoms with Crippen LogP contribution in [0.25, 0.3) is 0 Å². The van der Waals surface area contributed by atoms with Crippen molar-refractivity contribution < 1.29 is 9.18 Å². The van der Waals surface area contributed by atoms with Gasteiger partial charge in [0.05, 0.1) is 6.54 Å². The Kier molecular flexibility index (Phi) is 6.37. The average molecular weight is 378 g/mol. The van der Waals surface area contributed by atoms with Crippen LogP contribution in [-0.4, -0.2) is 17.0 Å². The summed E-state index contributed by atoms with van der Waals surface area (Å²) in [6, 6.07) is 18.6. The van der Waals surface area contributed by atoms with Crippen molar-refractivity contribution in [3.05, 3.63) is 100 Å². The Morgan fingerprint density at radius 1 is 1.00 bits per heavy atom. The van der Waals surface area contributed by atoms with Gasteiger partial charge in [0.15, 0.2) is 0 Å². The van der Waals surface area contributed by atoms with Crippen molar-refractivity contribution in [2.75, 3.05) is 11.4 Å². The summed E-state index contributed by atoms with van der Waals surface area (Å²) in [4.78, 5) is 27.8. The van der Waals surface area contributed by atoms with Crippen LogP contribution in [0.3, 0.4) is 0 Å². The third-order valence-electron chi connectivity index (χ3n) is 4.57. The average Bonchev–Trinajstić information content (AvgIpc) is 2.72. The molecule has 0 aliphatic carbocycles. The second-order valence-corrected chi connectivity index (χ2v) is 6.63. The molecular formula is C23H23FN2O2. The molecule has 2 aromatic carbocycles. The van der Waals surface area contributed by atoms with Crippen molar-refractivity contribution in [3.63, 3.8) is 0 Å². The summed E-state index contributed by atoms with van der Waals surface area (Å²) in [6.07, 6.45) is 3.43. The summed E-state index contributed by atoms with van der Waals surface area (Å²) >= 11 is 0. The van der Waals surface area contributed by atoms with Gasteiger partial charge in [-0.2, -0.15) is 0 Å². The summed E-state index contributed by atoms with van der Waals surface area (Å²) in [5.41, 5.74) is 1.34. The lowest BCUT2D eigenvalue weighted by Crippen LogP contribution is -2.37. The number of amides is 1. The number of hydrogen-bond acceptors (Lipinski definition) is 2. The van der Waals surface area contributed by atoms with Gasteiger partial charge >= 0.3 is 0 Å². The molecule has 1 heterocycles. The van der Waals surface area contributed by atoms with Crippen molar-refractivity contribution in [1.29, 1.82) is 0 Å². The zero-order valence-electron chi connectivity index (χ0n) is 15.8. The molecule has 0 aliphatic heterocycles. The molecule has 3 rings (SSSR count). The number of unbranched alkanes of at least 4 members (excludes halogenated alkanes) is 1. The first kappa shape index (κ1) is 19.5. The van der Waals surface area contributed by atoms with Crippen LogP contribution in [-0.2, 0) is 6.54 Å². The molecular weight excluding hydrogens is 355 g/mol. The molecule has 0 unspecified atom stereocenters. The Morgan fingerprint density at radius 3 is 2.39 bits per heavy atom. The second kappa shape index (κ2) is 9.13. The highest BCUT2D eigenvalue weighted by molar-refractivity contribution is 6.05. The number of anilines is 1. The van der Waals surface area contributed by atoms with Gasteiger partial charge in [0.1, 0.15) is 11.4 Å². The van der Waals surface area contributed by atoms with E-state index in [4.69, 9.17) is 0 Å². The van der Waals surface area contributed by atoms with Crippen LogP contribution in [0, 0.1) is 5.82 Å². The van der Waals surface area contributed by atoms with Crippen LogP contribution in [0.15, 0.2) is 77.7 Å². The SMILES string of the molecule is CCCCN(C(=O)c1cccn(Cc2ccc(F)cc2)c1=O)c1ccccc1. The van der Waals surface area contributed by atoms with Gasteiger partial charge < -0.3 is 9.47 Å². The number of rotatable bonds is 7. The molecule has 0 saturated carbocycles. The largest absolute Gasteiger partial charge is 0.310 e. The van der Waals surface area contributed by atoms with Gasteiger partial charge in [-0.3, -0.25) is 9.59 Å². The Bertz CT molecular complexity index is 981. The van der Waals surface area contributed by atoms with Crippen LogP contribution in [0.1, 0.15) is 35.7 Å². The minimum atomic E-state index is -0.353. The molecule has 0 bridgehead atoms. The van der Waals surface area contributed by atoms with Gasteiger partial charge in [-0.1, -0.05) is 43.7 Å². The Labute approximate surface area is 163 Å². The molecule has 0 atom stereocenters. The van der Waals surface area contributed by atoms with E-state index in [0.717, 1.165) is 24.1 Å². The fourth-order valence-corrected chi connectivity index (χ4v) is 3.03. The molecule has 3 aromatic rings. The van der Waals surface area contributed by atoms with Gasteiger partial charge in [0.25, 0.3) is 11.5 Å². The maximum atomic E-state index is 13.2. The van der Waals surface area contributed by atoms with E-state index in [1.165, 1.54) is 16.7 Å². The second-order valence-electron chi connectivity index (χ2n) is 6.63. The maximum Gasteiger partial charge on any atom is 0.263 e. The normalized spacial score (nSPS) is 10.6. The molecule has 1 aromatic heterocycles. The predicted octanol–water partition coefficient (Wildman–Crippen LogP) is 4.48. The summed E-state index contributed by atoms with van der Waals surface area (Å²) < 4.78 is 14.6. The first-order valence-electron chi connectivity index (χ1n) is 9.41. The highest BCUT2D eigenvalue weighted by Crippen LogP contribution is 2.17. The first-order chi connectivity index (χ1) is 13.6. The van der Waals surface area contributed by atoms with E-state index < -0.39 is 0 Å². The number of carbonyl (C=O) groups is 1. The fourth-order valence-electron chi connectivity index (χ4n) is 3.03.